The number of carbonyl (C=O) groups is 1. The van der Waals surface area contributed by atoms with Crippen LogP contribution in [-0.2, 0) is 22.9 Å². The Morgan fingerprint density at radius 3 is 2.45 bits per heavy atom. The molecule has 3 aromatic rings. The lowest BCUT2D eigenvalue weighted by Gasteiger charge is -2.13. The van der Waals surface area contributed by atoms with Gasteiger partial charge in [0.1, 0.15) is 0 Å². The van der Waals surface area contributed by atoms with E-state index in [0.717, 1.165) is 23.4 Å². The van der Waals surface area contributed by atoms with Gasteiger partial charge in [0.05, 0.1) is 11.9 Å². The number of hydrogen-bond acceptors (Lipinski definition) is 5. The minimum absolute atomic E-state index is 0.00982. The molecule has 1 N–H and O–H groups in total. The first-order valence-corrected chi connectivity index (χ1v) is 9.75. The molecule has 2 heterocycles. The third kappa shape index (κ3) is 4.45. The van der Waals surface area contributed by atoms with Crippen LogP contribution in [0, 0.1) is 0 Å². The Balaban J connectivity index is 1.82. The maximum Gasteiger partial charge on any atom is 0.503 e. The molecule has 152 valence electrons. The molecule has 2 aromatic heterocycles. The summed E-state index contributed by atoms with van der Waals surface area (Å²) in [7, 11) is -5.76. The molecule has 1 amide bonds. The van der Waals surface area contributed by atoms with Gasteiger partial charge >= 0.3 is 5.51 Å². The van der Waals surface area contributed by atoms with Crippen LogP contribution in [0.25, 0.3) is 0 Å². The number of hydrogen-bond donors (Lipinski definition) is 1. The number of alkyl halides is 3. The highest BCUT2D eigenvalue weighted by molar-refractivity contribution is 7.92. The number of nitrogens with one attached hydrogen (secondary N) is 1. The molecule has 29 heavy (non-hydrogen) atoms. The van der Waals surface area contributed by atoms with Crippen LogP contribution in [0.2, 0.25) is 0 Å². The maximum absolute atomic E-state index is 12.9. The van der Waals surface area contributed by atoms with Gasteiger partial charge in [-0.05, 0) is 23.3 Å². The average Bonchev–Trinajstić information content (AvgIpc) is 3.19. The van der Waals surface area contributed by atoms with E-state index in [1.165, 1.54) is 6.07 Å². The van der Waals surface area contributed by atoms with Gasteiger partial charge in [0.2, 0.25) is 0 Å². The van der Waals surface area contributed by atoms with Crippen molar-refractivity contribution in [3.8, 4) is 0 Å². The van der Waals surface area contributed by atoms with Gasteiger partial charge in [-0.15, -0.1) is 0 Å². The van der Waals surface area contributed by atoms with Gasteiger partial charge in [-0.1, -0.05) is 24.3 Å². The lowest BCUT2D eigenvalue weighted by molar-refractivity contribution is -0.0438. The first-order chi connectivity index (χ1) is 13.7. The van der Waals surface area contributed by atoms with E-state index in [9.17, 15) is 26.4 Å². The monoisotopic (exact) mass is 424 g/mol. The molecule has 0 saturated heterocycles. The van der Waals surface area contributed by atoms with E-state index in [0.29, 0.717) is 6.54 Å². The second kappa shape index (κ2) is 8.03. The van der Waals surface area contributed by atoms with Crippen LogP contribution in [0.1, 0.15) is 21.5 Å². The van der Waals surface area contributed by atoms with Crippen molar-refractivity contribution in [3.05, 3.63) is 78.0 Å². The predicted octanol–water partition coefficient (Wildman–Crippen LogP) is 2.55. The summed E-state index contributed by atoms with van der Waals surface area (Å²) < 4.78 is 63.9. The Kier molecular flexibility index (Phi) is 5.69. The molecule has 0 aliphatic heterocycles. The third-order valence-corrected chi connectivity index (χ3v) is 5.49. The van der Waals surface area contributed by atoms with E-state index in [4.69, 9.17) is 0 Å². The molecular formula is C18H15F3N4O3S. The Labute approximate surface area is 164 Å². The van der Waals surface area contributed by atoms with Gasteiger partial charge < -0.3 is 9.88 Å². The zero-order chi connectivity index (χ0) is 21.1. The first kappa shape index (κ1) is 20.5. The van der Waals surface area contributed by atoms with Gasteiger partial charge in [0.25, 0.3) is 15.7 Å². The second-order valence-electron chi connectivity index (χ2n) is 5.99. The number of carbonyl (C=O) groups excluding carboxylic acids is 1. The van der Waals surface area contributed by atoms with Gasteiger partial charge in [0, 0.05) is 31.7 Å². The van der Waals surface area contributed by atoms with Crippen molar-refractivity contribution in [2.45, 2.75) is 23.6 Å². The summed E-state index contributed by atoms with van der Waals surface area (Å²) in [5.41, 5.74) is -4.65. The second-order valence-corrected chi connectivity index (χ2v) is 7.85. The van der Waals surface area contributed by atoms with E-state index in [-0.39, 0.29) is 6.54 Å². The highest BCUT2D eigenvalue weighted by Crippen LogP contribution is 2.30. The van der Waals surface area contributed by atoms with Crippen molar-refractivity contribution in [3.63, 3.8) is 0 Å². The van der Waals surface area contributed by atoms with E-state index < -0.39 is 31.8 Å². The number of aromatic nitrogens is 3. The summed E-state index contributed by atoms with van der Waals surface area (Å²) in [4.78, 5) is 19.7. The SMILES string of the molecule is O=C(NCc1ccccc1Cn1ccnc1)c1cccnc1S(=O)(=O)C(F)(F)F. The number of nitrogens with zero attached hydrogens (tertiary/aromatic N) is 3. The van der Waals surface area contributed by atoms with E-state index in [2.05, 4.69) is 15.3 Å². The molecule has 0 unspecified atom stereocenters. The summed E-state index contributed by atoms with van der Waals surface area (Å²) in [6.07, 6.45) is 5.89. The normalized spacial score (nSPS) is 12.0. The lowest BCUT2D eigenvalue weighted by Crippen LogP contribution is -2.30. The third-order valence-electron chi connectivity index (χ3n) is 4.04. The quantitative estimate of drug-likeness (QED) is 0.656. The topological polar surface area (TPSA) is 93.9 Å². The molecule has 0 aliphatic carbocycles. The van der Waals surface area contributed by atoms with Gasteiger partial charge in [-0.25, -0.2) is 18.4 Å². The molecule has 1 aromatic carbocycles. The van der Waals surface area contributed by atoms with Crippen LogP contribution in [0.3, 0.4) is 0 Å². The van der Waals surface area contributed by atoms with Crippen molar-refractivity contribution in [1.82, 2.24) is 19.9 Å². The fourth-order valence-electron chi connectivity index (χ4n) is 2.62. The van der Waals surface area contributed by atoms with Gasteiger partial charge in [-0.3, -0.25) is 4.79 Å². The van der Waals surface area contributed by atoms with Crippen molar-refractivity contribution in [1.29, 1.82) is 0 Å². The molecule has 0 spiro atoms. The van der Waals surface area contributed by atoms with Crippen molar-refractivity contribution in [2.75, 3.05) is 0 Å². The molecule has 11 heteroatoms. The number of rotatable bonds is 6. The van der Waals surface area contributed by atoms with Crippen LogP contribution in [-0.4, -0.2) is 34.4 Å². The number of imidazole rings is 1. The minimum Gasteiger partial charge on any atom is -0.348 e. The molecule has 0 atom stereocenters. The first-order valence-electron chi connectivity index (χ1n) is 8.27. The molecule has 0 radical (unpaired) electrons. The van der Waals surface area contributed by atoms with Crippen LogP contribution < -0.4 is 5.32 Å². The Bertz CT molecular complexity index is 1110. The Hall–Kier alpha value is -3.21. The summed E-state index contributed by atoms with van der Waals surface area (Å²) in [5, 5.41) is 1.14. The van der Waals surface area contributed by atoms with E-state index >= 15 is 0 Å². The smallest absolute Gasteiger partial charge is 0.348 e. The predicted molar refractivity (Wildman–Crippen MR) is 96.4 cm³/mol. The fraction of sp³-hybridized carbons (Fsp3) is 0.167. The molecule has 0 fully saturated rings. The Morgan fingerprint density at radius 1 is 1.07 bits per heavy atom. The standard InChI is InChI=1S/C18H15F3N4O3S/c19-18(20,21)29(27,28)17-15(6-3-7-23-17)16(26)24-10-13-4-1-2-5-14(13)11-25-9-8-22-12-25/h1-9,12H,10-11H2,(H,24,26). The highest BCUT2D eigenvalue weighted by Gasteiger charge is 2.49. The lowest BCUT2D eigenvalue weighted by atomic mass is 10.1. The molecule has 0 saturated carbocycles. The molecule has 3 rings (SSSR count). The summed E-state index contributed by atoms with van der Waals surface area (Å²) in [6.45, 7) is 0.469. The van der Waals surface area contributed by atoms with Gasteiger partial charge in [0.15, 0.2) is 5.03 Å². The number of pyridine rings is 1. The average molecular weight is 424 g/mol. The van der Waals surface area contributed by atoms with Crippen LogP contribution in [0.5, 0.6) is 0 Å². The fourth-order valence-corrected chi connectivity index (χ4v) is 3.49. The van der Waals surface area contributed by atoms with Crippen molar-refractivity contribution in [2.24, 2.45) is 0 Å². The Morgan fingerprint density at radius 2 is 1.79 bits per heavy atom. The maximum atomic E-state index is 12.9. The zero-order valence-electron chi connectivity index (χ0n) is 14.8. The van der Waals surface area contributed by atoms with E-state index in [1.54, 1.807) is 30.9 Å². The van der Waals surface area contributed by atoms with Crippen LogP contribution >= 0.6 is 0 Å². The number of sulfone groups is 1. The summed E-state index contributed by atoms with van der Waals surface area (Å²) in [5.74, 6) is -0.974. The van der Waals surface area contributed by atoms with Crippen LogP contribution in [0.4, 0.5) is 13.2 Å². The number of benzene rings is 1. The highest BCUT2D eigenvalue weighted by atomic mass is 32.2. The molecule has 7 nitrogen and oxygen atoms in total. The number of halogens is 3. The minimum atomic E-state index is -5.76. The van der Waals surface area contributed by atoms with Gasteiger partial charge in [-0.2, -0.15) is 13.2 Å². The molecule has 0 aliphatic rings. The van der Waals surface area contributed by atoms with E-state index in [1.807, 2.05) is 16.7 Å². The zero-order valence-corrected chi connectivity index (χ0v) is 15.6. The summed E-state index contributed by atoms with van der Waals surface area (Å²) in [6, 6.07) is 9.33. The van der Waals surface area contributed by atoms with Crippen LogP contribution in [0.15, 0.2) is 66.3 Å². The molecular weight excluding hydrogens is 409 g/mol. The van der Waals surface area contributed by atoms with Crippen molar-refractivity contribution >= 4 is 15.7 Å². The van der Waals surface area contributed by atoms with Crippen molar-refractivity contribution < 1.29 is 26.4 Å². The summed E-state index contributed by atoms with van der Waals surface area (Å²) >= 11 is 0. The molecule has 0 bridgehead atoms. The number of amides is 1. The largest absolute Gasteiger partial charge is 0.503 e.